The molecular formula is C14H18BrNO4. The van der Waals surface area contributed by atoms with Crippen molar-refractivity contribution >= 4 is 27.8 Å². The molecule has 0 aliphatic carbocycles. The van der Waals surface area contributed by atoms with Crippen LogP contribution in [-0.2, 0) is 4.79 Å². The summed E-state index contributed by atoms with van der Waals surface area (Å²) < 4.78 is 6.08. The first kappa shape index (κ1) is 16.5. The molecule has 0 spiro atoms. The minimum Gasteiger partial charge on any atom is -0.479 e. The van der Waals surface area contributed by atoms with Gasteiger partial charge in [0.2, 0.25) is 0 Å². The highest BCUT2D eigenvalue weighted by Gasteiger charge is 2.23. The monoisotopic (exact) mass is 343 g/mol. The summed E-state index contributed by atoms with van der Waals surface area (Å²) in [6.45, 7) is 6.56. The second-order valence-electron chi connectivity index (χ2n) is 4.19. The van der Waals surface area contributed by atoms with Crippen LogP contribution in [0.3, 0.4) is 0 Å². The summed E-state index contributed by atoms with van der Waals surface area (Å²) in [5, 5.41) is 9.15. The van der Waals surface area contributed by atoms with Crippen molar-refractivity contribution in [1.29, 1.82) is 0 Å². The SMILES string of the molecule is CCN(CC)C(=O)C(C)Oc1c(Br)cccc1C(=O)O. The van der Waals surface area contributed by atoms with Gasteiger partial charge in [-0.15, -0.1) is 0 Å². The molecule has 1 unspecified atom stereocenters. The summed E-state index contributed by atoms with van der Waals surface area (Å²) in [7, 11) is 0. The number of rotatable bonds is 6. The van der Waals surface area contributed by atoms with Crippen LogP contribution in [0, 0.1) is 0 Å². The van der Waals surface area contributed by atoms with Crippen LogP contribution in [0.15, 0.2) is 22.7 Å². The van der Waals surface area contributed by atoms with Gasteiger partial charge in [0.05, 0.1) is 4.47 Å². The smallest absolute Gasteiger partial charge is 0.339 e. The van der Waals surface area contributed by atoms with E-state index in [1.54, 1.807) is 24.0 Å². The largest absolute Gasteiger partial charge is 0.479 e. The van der Waals surface area contributed by atoms with E-state index in [9.17, 15) is 9.59 Å². The van der Waals surface area contributed by atoms with Crippen molar-refractivity contribution in [3.63, 3.8) is 0 Å². The fourth-order valence-electron chi connectivity index (χ4n) is 1.82. The molecule has 1 atom stereocenters. The second kappa shape index (κ2) is 7.28. The average molecular weight is 344 g/mol. The number of carbonyl (C=O) groups is 2. The number of ether oxygens (including phenoxy) is 1. The molecule has 0 aromatic heterocycles. The van der Waals surface area contributed by atoms with E-state index < -0.39 is 12.1 Å². The standard InChI is InChI=1S/C14H18BrNO4/c1-4-16(5-2)13(17)9(3)20-12-10(14(18)19)7-6-8-11(12)15/h6-9H,4-5H2,1-3H3,(H,18,19). The first-order chi connectivity index (χ1) is 9.42. The lowest BCUT2D eigenvalue weighted by atomic mass is 10.2. The van der Waals surface area contributed by atoms with E-state index in [2.05, 4.69) is 15.9 Å². The Morgan fingerprint density at radius 2 is 1.95 bits per heavy atom. The van der Waals surface area contributed by atoms with Crippen LogP contribution in [0.4, 0.5) is 0 Å². The van der Waals surface area contributed by atoms with Crippen molar-refractivity contribution in [2.45, 2.75) is 26.9 Å². The van der Waals surface area contributed by atoms with Crippen LogP contribution < -0.4 is 4.74 Å². The number of benzene rings is 1. The molecule has 1 N–H and O–H groups in total. The summed E-state index contributed by atoms with van der Waals surface area (Å²) in [6.07, 6.45) is -0.744. The molecule has 6 heteroatoms. The van der Waals surface area contributed by atoms with Gasteiger partial charge < -0.3 is 14.7 Å². The number of para-hydroxylation sites is 1. The van der Waals surface area contributed by atoms with Crippen molar-refractivity contribution < 1.29 is 19.4 Å². The molecule has 1 aromatic carbocycles. The summed E-state index contributed by atoms with van der Waals surface area (Å²) >= 11 is 3.25. The van der Waals surface area contributed by atoms with Gasteiger partial charge in [-0.1, -0.05) is 6.07 Å². The Labute approximate surface area is 126 Å². The molecule has 1 amide bonds. The van der Waals surface area contributed by atoms with Crippen molar-refractivity contribution in [1.82, 2.24) is 4.90 Å². The maximum atomic E-state index is 12.1. The number of carbonyl (C=O) groups excluding carboxylic acids is 1. The number of nitrogens with zero attached hydrogens (tertiary/aromatic N) is 1. The molecule has 5 nitrogen and oxygen atoms in total. The molecule has 0 bridgehead atoms. The van der Waals surface area contributed by atoms with Gasteiger partial charge >= 0.3 is 5.97 Å². The van der Waals surface area contributed by atoms with Crippen LogP contribution >= 0.6 is 15.9 Å². The molecule has 0 aliphatic rings. The fraction of sp³-hybridized carbons (Fsp3) is 0.429. The predicted octanol–water partition coefficient (Wildman–Crippen LogP) is 2.78. The molecule has 1 rings (SSSR count). The third kappa shape index (κ3) is 3.72. The number of aromatic carboxylic acids is 1. The Kier molecular flexibility index (Phi) is 6.01. The normalized spacial score (nSPS) is 11.8. The highest BCUT2D eigenvalue weighted by atomic mass is 79.9. The number of amides is 1. The van der Waals surface area contributed by atoms with Gasteiger partial charge in [0.15, 0.2) is 6.10 Å². The Bertz CT molecular complexity index is 500. The molecule has 110 valence electrons. The van der Waals surface area contributed by atoms with Gasteiger partial charge in [-0.25, -0.2) is 4.79 Å². The zero-order valence-electron chi connectivity index (χ0n) is 11.7. The molecule has 0 fully saturated rings. The third-order valence-electron chi connectivity index (χ3n) is 2.91. The lowest BCUT2D eigenvalue weighted by molar-refractivity contribution is -0.137. The van der Waals surface area contributed by atoms with Crippen LogP contribution in [-0.4, -0.2) is 41.1 Å². The van der Waals surface area contributed by atoms with Crippen LogP contribution in [0.1, 0.15) is 31.1 Å². The maximum Gasteiger partial charge on any atom is 0.339 e. The van der Waals surface area contributed by atoms with E-state index in [1.165, 1.54) is 6.07 Å². The Morgan fingerprint density at radius 1 is 1.35 bits per heavy atom. The van der Waals surface area contributed by atoms with Crippen LogP contribution in [0.2, 0.25) is 0 Å². The highest BCUT2D eigenvalue weighted by Crippen LogP contribution is 2.30. The molecular weight excluding hydrogens is 326 g/mol. The van der Waals surface area contributed by atoms with Crippen molar-refractivity contribution in [3.05, 3.63) is 28.2 Å². The van der Waals surface area contributed by atoms with Gasteiger partial charge in [0, 0.05) is 13.1 Å². The van der Waals surface area contributed by atoms with Gasteiger partial charge in [-0.2, -0.15) is 0 Å². The van der Waals surface area contributed by atoms with E-state index in [0.717, 1.165) is 0 Å². The van der Waals surface area contributed by atoms with E-state index in [1.807, 2.05) is 13.8 Å². The number of hydrogen-bond donors (Lipinski definition) is 1. The van der Waals surface area contributed by atoms with E-state index in [4.69, 9.17) is 9.84 Å². The molecule has 0 aliphatic heterocycles. The zero-order valence-corrected chi connectivity index (χ0v) is 13.3. The molecule has 0 saturated carbocycles. The molecule has 0 radical (unpaired) electrons. The van der Waals surface area contributed by atoms with Crippen LogP contribution in [0.5, 0.6) is 5.75 Å². The Morgan fingerprint density at radius 3 is 2.45 bits per heavy atom. The quantitative estimate of drug-likeness (QED) is 0.862. The highest BCUT2D eigenvalue weighted by molar-refractivity contribution is 9.10. The van der Waals surface area contributed by atoms with Crippen LogP contribution in [0.25, 0.3) is 0 Å². The molecule has 0 heterocycles. The first-order valence-electron chi connectivity index (χ1n) is 6.39. The number of likely N-dealkylation sites (N-methyl/N-ethyl adjacent to an activating group) is 1. The number of halogens is 1. The lowest BCUT2D eigenvalue weighted by Gasteiger charge is -2.24. The van der Waals surface area contributed by atoms with E-state index in [-0.39, 0.29) is 17.2 Å². The molecule has 1 aromatic rings. The number of hydrogen-bond acceptors (Lipinski definition) is 3. The van der Waals surface area contributed by atoms with Gasteiger partial charge in [-0.3, -0.25) is 4.79 Å². The molecule has 0 saturated heterocycles. The third-order valence-corrected chi connectivity index (χ3v) is 3.54. The van der Waals surface area contributed by atoms with Crippen molar-refractivity contribution in [3.8, 4) is 5.75 Å². The minimum absolute atomic E-state index is 0.0265. The van der Waals surface area contributed by atoms with E-state index in [0.29, 0.717) is 17.6 Å². The Hall–Kier alpha value is -1.56. The van der Waals surface area contributed by atoms with Gasteiger partial charge in [-0.05, 0) is 48.8 Å². The zero-order chi connectivity index (χ0) is 15.3. The summed E-state index contributed by atoms with van der Waals surface area (Å²) in [4.78, 5) is 25.0. The average Bonchev–Trinajstić information content (AvgIpc) is 2.41. The van der Waals surface area contributed by atoms with Crippen molar-refractivity contribution in [2.75, 3.05) is 13.1 Å². The predicted molar refractivity (Wildman–Crippen MR) is 79.1 cm³/mol. The summed E-state index contributed by atoms with van der Waals surface area (Å²) in [6, 6.07) is 4.73. The van der Waals surface area contributed by atoms with E-state index >= 15 is 0 Å². The molecule has 20 heavy (non-hydrogen) atoms. The van der Waals surface area contributed by atoms with Gasteiger partial charge in [0.25, 0.3) is 5.91 Å². The number of carboxylic acid groups (broad SMARTS) is 1. The number of carboxylic acids is 1. The topological polar surface area (TPSA) is 66.8 Å². The first-order valence-corrected chi connectivity index (χ1v) is 7.18. The Balaban J connectivity index is 2.98. The summed E-state index contributed by atoms with van der Waals surface area (Å²) in [5.74, 6) is -1.08. The van der Waals surface area contributed by atoms with Gasteiger partial charge in [0.1, 0.15) is 11.3 Å². The minimum atomic E-state index is -1.09. The lowest BCUT2D eigenvalue weighted by Crippen LogP contribution is -2.40. The maximum absolute atomic E-state index is 12.1. The summed E-state index contributed by atoms with van der Waals surface area (Å²) in [5.41, 5.74) is 0.0265. The van der Waals surface area contributed by atoms with Crippen molar-refractivity contribution in [2.24, 2.45) is 0 Å². The fourth-order valence-corrected chi connectivity index (χ4v) is 2.28. The second-order valence-corrected chi connectivity index (χ2v) is 5.05.